The molecular weight excluding hydrogens is 474 g/mol. The summed E-state index contributed by atoms with van der Waals surface area (Å²) in [6, 6.07) is 14.3. The number of alkyl halides is 2. The lowest BCUT2D eigenvalue weighted by molar-refractivity contribution is 0.116. The van der Waals surface area contributed by atoms with Crippen molar-refractivity contribution in [3.63, 3.8) is 0 Å². The SMILES string of the molecule is O=C(N(Cc1ccc(-c2nnc(C(F)F)o2)cn1)c1ccccc1)N1CC2CC1CN2C1CSC1. The molecule has 0 saturated carbocycles. The van der Waals surface area contributed by atoms with Gasteiger partial charge in [-0.05, 0) is 30.7 Å². The molecular formula is C24H24F2N6O2S. The van der Waals surface area contributed by atoms with Crippen molar-refractivity contribution in [3.8, 4) is 11.5 Å². The number of nitrogens with zero attached hydrogens (tertiary/aromatic N) is 6. The van der Waals surface area contributed by atoms with E-state index in [1.165, 1.54) is 17.7 Å². The Kier molecular flexibility index (Phi) is 5.89. The normalized spacial score (nSPS) is 22.1. The highest BCUT2D eigenvalue weighted by atomic mass is 32.2. The number of rotatable bonds is 6. The van der Waals surface area contributed by atoms with Crippen LogP contribution in [-0.2, 0) is 6.54 Å². The molecule has 2 aromatic heterocycles. The Morgan fingerprint density at radius 1 is 1.09 bits per heavy atom. The van der Waals surface area contributed by atoms with Crippen LogP contribution in [0.25, 0.3) is 11.5 Å². The van der Waals surface area contributed by atoms with Crippen LogP contribution < -0.4 is 4.90 Å². The number of hydrogen-bond donors (Lipinski definition) is 0. The molecule has 2 unspecified atom stereocenters. The first-order chi connectivity index (χ1) is 17.1. The van der Waals surface area contributed by atoms with Crippen molar-refractivity contribution in [1.82, 2.24) is 25.0 Å². The van der Waals surface area contributed by atoms with Crippen molar-refractivity contribution < 1.29 is 18.0 Å². The van der Waals surface area contributed by atoms with Crippen molar-refractivity contribution in [2.24, 2.45) is 0 Å². The maximum Gasteiger partial charge on any atom is 0.325 e. The summed E-state index contributed by atoms with van der Waals surface area (Å²) in [5.41, 5.74) is 1.91. The Bertz CT molecular complexity index is 1190. The first-order valence-corrected chi connectivity index (χ1v) is 12.8. The number of benzene rings is 1. The van der Waals surface area contributed by atoms with E-state index < -0.39 is 12.3 Å². The molecule has 3 aliphatic heterocycles. The van der Waals surface area contributed by atoms with E-state index >= 15 is 0 Å². The number of aromatic nitrogens is 3. The van der Waals surface area contributed by atoms with E-state index in [0.717, 1.165) is 25.2 Å². The summed E-state index contributed by atoms with van der Waals surface area (Å²) in [6.07, 6.45) is -0.291. The number of piperazine rings is 1. The maximum atomic E-state index is 13.8. The quantitative estimate of drug-likeness (QED) is 0.507. The summed E-state index contributed by atoms with van der Waals surface area (Å²) in [6.45, 7) is 1.98. The number of carbonyl (C=O) groups excluding carboxylic acids is 1. The monoisotopic (exact) mass is 498 g/mol. The van der Waals surface area contributed by atoms with E-state index in [4.69, 9.17) is 4.42 Å². The fourth-order valence-electron chi connectivity index (χ4n) is 5.07. The lowest BCUT2D eigenvalue weighted by atomic mass is 10.2. The maximum absolute atomic E-state index is 13.8. The summed E-state index contributed by atoms with van der Waals surface area (Å²) in [5, 5.41) is 7.02. The molecule has 35 heavy (non-hydrogen) atoms. The van der Waals surface area contributed by atoms with E-state index in [1.807, 2.05) is 47.0 Å². The van der Waals surface area contributed by atoms with Gasteiger partial charge in [0.15, 0.2) is 0 Å². The highest BCUT2D eigenvalue weighted by Crippen LogP contribution is 2.37. The van der Waals surface area contributed by atoms with Crippen molar-refractivity contribution in [3.05, 3.63) is 60.2 Å². The van der Waals surface area contributed by atoms with Gasteiger partial charge in [0.2, 0.25) is 5.89 Å². The minimum atomic E-state index is -2.82. The Morgan fingerprint density at radius 3 is 2.51 bits per heavy atom. The highest BCUT2D eigenvalue weighted by molar-refractivity contribution is 8.00. The molecule has 6 rings (SSSR count). The highest BCUT2D eigenvalue weighted by Gasteiger charge is 2.49. The third-order valence-corrected chi connectivity index (χ3v) is 8.18. The third kappa shape index (κ3) is 4.27. The van der Waals surface area contributed by atoms with Crippen LogP contribution in [-0.4, -0.2) is 73.7 Å². The van der Waals surface area contributed by atoms with Gasteiger partial charge in [0.1, 0.15) is 0 Å². The number of para-hydroxylation sites is 1. The number of thioether (sulfide) groups is 1. The van der Waals surface area contributed by atoms with Gasteiger partial charge in [-0.15, -0.1) is 10.2 Å². The van der Waals surface area contributed by atoms with Gasteiger partial charge in [0, 0.05) is 54.6 Å². The van der Waals surface area contributed by atoms with Gasteiger partial charge in [0.25, 0.3) is 5.89 Å². The van der Waals surface area contributed by atoms with Crippen LogP contribution in [0.15, 0.2) is 53.1 Å². The molecule has 0 spiro atoms. The van der Waals surface area contributed by atoms with Crippen LogP contribution in [0, 0.1) is 0 Å². The lowest BCUT2D eigenvalue weighted by Gasteiger charge is -2.43. The zero-order valence-electron chi connectivity index (χ0n) is 18.8. The van der Waals surface area contributed by atoms with Crippen LogP contribution in [0.2, 0.25) is 0 Å². The first-order valence-electron chi connectivity index (χ1n) is 11.6. The summed E-state index contributed by atoms with van der Waals surface area (Å²) in [4.78, 5) is 24.6. The minimum Gasteiger partial charge on any atom is -0.415 e. The van der Waals surface area contributed by atoms with Gasteiger partial charge in [0.05, 0.1) is 17.8 Å². The van der Waals surface area contributed by atoms with Crippen molar-refractivity contribution >= 4 is 23.5 Å². The van der Waals surface area contributed by atoms with Gasteiger partial charge in [-0.1, -0.05) is 18.2 Å². The average Bonchev–Trinajstić information content (AvgIpc) is 3.58. The van der Waals surface area contributed by atoms with E-state index in [9.17, 15) is 13.6 Å². The predicted octanol–water partition coefficient (Wildman–Crippen LogP) is 4.07. The molecule has 11 heteroatoms. The molecule has 3 aliphatic rings. The molecule has 5 heterocycles. The summed E-state index contributed by atoms with van der Waals surface area (Å²) in [7, 11) is 0. The average molecular weight is 499 g/mol. The number of pyridine rings is 1. The minimum absolute atomic E-state index is 0.0159. The van der Waals surface area contributed by atoms with Crippen LogP contribution in [0.1, 0.15) is 24.4 Å². The van der Waals surface area contributed by atoms with Gasteiger partial charge in [-0.2, -0.15) is 20.5 Å². The number of urea groups is 1. The second kappa shape index (κ2) is 9.19. The standard InChI is InChI=1S/C24H24F2N6O2S/c25-21(26)23-29-28-22(34-23)15-6-7-16(27-9-15)10-31(17-4-2-1-3-5-17)24(33)32-12-18-8-19(32)11-30(18)20-13-35-14-20/h1-7,9,18-21H,8,10-14H2. The number of hydrogen-bond acceptors (Lipinski definition) is 7. The number of amides is 2. The summed E-state index contributed by atoms with van der Waals surface area (Å²) < 4.78 is 30.5. The van der Waals surface area contributed by atoms with Gasteiger partial charge >= 0.3 is 12.5 Å². The Hall–Kier alpha value is -3.05. The molecule has 1 aromatic carbocycles. The molecule has 0 N–H and O–H groups in total. The lowest BCUT2D eigenvalue weighted by Crippen LogP contribution is -2.57. The number of anilines is 1. The second-order valence-corrected chi connectivity index (χ2v) is 10.1. The van der Waals surface area contributed by atoms with Crippen LogP contribution >= 0.6 is 11.8 Å². The molecule has 3 aromatic rings. The summed E-state index contributed by atoms with van der Waals surface area (Å²) in [5.74, 6) is 1.65. The molecule has 2 atom stereocenters. The van der Waals surface area contributed by atoms with Crippen LogP contribution in [0.4, 0.5) is 19.3 Å². The molecule has 3 saturated heterocycles. The third-order valence-electron chi connectivity index (χ3n) is 6.94. The molecule has 8 nitrogen and oxygen atoms in total. The smallest absolute Gasteiger partial charge is 0.325 e. The second-order valence-electron chi connectivity index (χ2n) is 9.07. The number of halogens is 2. The molecule has 2 bridgehead atoms. The van der Waals surface area contributed by atoms with Gasteiger partial charge < -0.3 is 9.32 Å². The number of fused-ring (bicyclic) bond motifs is 2. The first kappa shape index (κ1) is 22.4. The molecule has 182 valence electrons. The number of likely N-dealkylation sites (tertiary alicyclic amines) is 2. The van der Waals surface area contributed by atoms with Crippen LogP contribution in [0.3, 0.4) is 0 Å². The zero-order chi connectivity index (χ0) is 23.9. The molecule has 0 aliphatic carbocycles. The van der Waals surface area contributed by atoms with E-state index in [1.54, 1.807) is 17.0 Å². The Morgan fingerprint density at radius 2 is 1.91 bits per heavy atom. The largest absolute Gasteiger partial charge is 0.415 e. The van der Waals surface area contributed by atoms with Crippen molar-refractivity contribution in [1.29, 1.82) is 0 Å². The topological polar surface area (TPSA) is 78.6 Å². The Labute approximate surface area is 205 Å². The van der Waals surface area contributed by atoms with Gasteiger partial charge in [-0.25, -0.2) is 4.79 Å². The van der Waals surface area contributed by atoms with E-state index in [-0.39, 0.29) is 24.5 Å². The molecule has 3 fully saturated rings. The fraction of sp³-hybridized carbons (Fsp3) is 0.417. The van der Waals surface area contributed by atoms with Gasteiger partial charge in [-0.3, -0.25) is 14.8 Å². The Balaban J connectivity index is 1.19. The molecule has 2 amide bonds. The van der Waals surface area contributed by atoms with E-state index in [0.29, 0.717) is 23.3 Å². The predicted molar refractivity (Wildman–Crippen MR) is 127 cm³/mol. The van der Waals surface area contributed by atoms with Crippen molar-refractivity contribution in [2.75, 3.05) is 29.5 Å². The van der Waals surface area contributed by atoms with Crippen molar-refractivity contribution in [2.45, 2.75) is 37.5 Å². The van der Waals surface area contributed by atoms with E-state index in [2.05, 4.69) is 20.1 Å². The fourth-order valence-corrected chi connectivity index (χ4v) is 5.90. The number of carbonyl (C=O) groups is 1. The summed E-state index contributed by atoms with van der Waals surface area (Å²) >= 11 is 1.99. The zero-order valence-corrected chi connectivity index (χ0v) is 19.7. The molecule has 0 radical (unpaired) electrons. The van der Waals surface area contributed by atoms with Crippen LogP contribution in [0.5, 0.6) is 0 Å².